The SMILES string of the molecule is CCCNC(c1cncc(OC)c1)c1occc1C. The van der Waals surface area contributed by atoms with Crippen LogP contribution < -0.4 is 10.1 Å². The van der Waals surface area contributed by atoms with Gasteiger partial charge in [0.25, 0.3) is 0 Å². The van der Waals surface area contributed by atoms with Crippen LogP contribution in [-0.4, -0.2) is 18.6 Å². The van der Waals surface area contributed by atoms with Gasteiger partial charge in [0.2, 0.25) is 0 Å². The zero-order chi connectivity index (χ0) is 13.7. The van der Waals surface area contributed by atoms with Gasteiger partial charge in [0.15, 0.2) is 0 Å². The number of aryl methyl sites for hydroxylation is 1. The number of aromatic nitrogens is 1. The summed E-state index contributed by atoms with van der Waals surface area (Å²) in [5.74, 6) is 1.69. The van der Waals surface area contributed by atoms with Crippen LogP contribution in [0, 0.1) is 6.92 Å². The maximum atomic E-state index is 5.62. The van der Waals surface area contributed by atoms with Crippen molar-refractivity contribution in [3.63, 3.8) is 0 Å². The maximum absolute atomic E-state index is 5.62. The van der Waals surface area contributed by atoms with Gasteiger partial charge in [-0.2, -0.15) is 0 Å². The van der Waals surface area contributed by atoms with Crippen LogP contribution in [0.4, 0.5) is 0 Å². The van der Waals surface area contributed by atoms with Crippen LogP contribution in [0.5, 0.6) is 5.75 Å². The Labute approximate surface area is 113 Å². The average Bonchev–Trinajstić information content (AvgIpc) is 2.86. The first kappa shape index (κ1) is 13.6. The van der Waals surface area contributed by atoms with E-state index in [9.17, 15) is 0 Å². The van der Waals surface area contributed by atoms with Crippen molar-refractivity contribution in [1.29, 1.82) is 0 Å². The minimum atomic E-state index is 0.0116. The number of nitrogens with one attached hydrogen (secondary N) is 1. The molecule has 2 rings (SSSR count). The molecule has 0 aromatic carbocycles. The van der Waals surface area contributed by atoms with Crippen molar-refractivity contribution in [2.45, 2.75) is 26.3 Å². The minimum Gasteiger partial charge on any atom is -0.495 e. The summed E-state index contributed by atoms with van der Waals surface area (Å²) in [6, 6.07) is 3.98. The van der Waals surface area contributed by atoms with Crippen molar-refractivity contribution >= 4 is 0 Å². The minimum absolute atomic E-state index is 0.0116. The molecule has 0 aliphatic rings. The number of hydrogen-bond acceptors (Lipinski definition) is 4. The highest BCUT2D eigenvalue weighted by Gasteiger charge is 2.19. The smallest absolute Gasteiger partial charge is 0.137 e. The van der Waals surface area contributed by atoms with E-state index in [2.05, 4.69) is 17.2 Å². The number of pyridine rings is 1. The van der Waals surface area contributed by atoms with Crippen LogP contribution in [0.2, 0.25) is 0 Å². The van der Waals surface area contributed by atoms with Crippen molar-refractivity contribution in [3.05, 3.63) is 47.7 Å². The molecule has 2 heterocycles. The quantitative estimate of drug-likeness (QED) is 0.867. The first-order valence-corrected chi connectivity index (χ1v) is 6.52. The van der Waals surface area contributed by atoms with Crippen molar-refractivity contribution in [3.8, 4) is 5.75 Å². The third-order valence-electron chi connectivity index (χ3n) is 3.07. The van der Waals surface area contributed by atoms with Gasteiger partial charge in [-0.1, -0.05) is 6.92 Å². The molecular weight excluding hydrogens is 240 g/mol. The van der Waals surface area contributed by atoms with E-state index < -0.39 is 0 Å². The maximum Gasteiger partial charge on any atom is 0.137 e. The number of nitrogens with zero attached hydrogens (tertiary/aromatic N) is 1. The molecule has 0 fully saturated rings. The summed E-state index contributed by atoms with van der Waals surface area (Å²) >= 11 is 0. The molecule has 0 saturated carbocycles. The van der Waals surface area contributed by atoms with Gasteiger partial charge in [-0.05, 0) is 43.1 Å². The van der Waals surface area contributed by atoms with E-state index in [0.717, 1.165) is 35.6 Å². The second kappa shape index (κ2) is 6.38. The number of ether oxygens (including phenoxy) is 1. The Kier molecular flexibility index (Phi) is 4.58. The predicted octanol–water partition coefficient (Wildman–Crippen LogP) is 3.08. The number of rotatable bonds is 6. The van der Waals surface area contributed by atoms with Gasteiger partial charge in [0, 0.05) is 6.20 Å². The summed E-state index contributed by atoms with van der Waals surface area (Å²) in [6.45, 7) is 5.11. The Morgan fingerprint density at radius 2 is 2.26 bits per heavy atom. The molecule has 0 spiro atoms. The van der Waals surface area contributed by atoms with Gasteiger partial charge in [0.1, 0.15) is 11.5 Å². The highest BCUT2D eigenvalue weighted by atomic mass is 16.5. The van der Waals surface area contributed by atoms with E-state index in [1.54, 1.807) is 19.6 Å². The highest BCUT2D eigenvalue weighted by molar-refractivity contribution is 5.33. The molecule has 102 valence electrons. The van der Waals surface area contributed by atoms with Crippen LogP contribution in [-0.2, 0) is 0 Å². The Bertz CT molecular complexity index is 522. The average molecular weight is 260 g/mol. The molecule has 4 nitrogen and oxygen atoms in total. The molecule has 0 aliphatic carbocycles. The van der Waals surface area contributed by atoms with Crippen molar-refractivity contribution in [2.75, 3.05) is 13.7 Å². The molecule has 1 unspecified atom stereocenters. The van der Waals surface area contributed by atoms with Crippen LogP contribution in [0.1, 0.15) is 36.3 Å². The van der Waals surface area contributed by atoms with Gasteiger partial charge in [0.05, 0.1) is 25.6 Å². The van der Waals surface area contributed by atoms with Crippen LogP contribution in [0.15, 0.2) is 35.2 Å². The largest absolute Gasteiger partial charge is 0.495 e. The summed E-state index contributed by atoms with van der Waals surface area (Å²) in [5.41, 5.74) is 2.18. The molecule has 2 aromatic heterocycles. The van der Waals surface area contributed by atoms with Crippen molar-refractivity contribution < 1.29 is 9.15 Å². The molecule has 0 bridgehead atoms. The second-order valence-corrected chi connectivity index (χ2v) is 4.51. The van der Waals surface area contributed by atoms with Crippen LogP contribution in [0.25, 0.3) is 0 Å². The first-order chi connectivity index (χ1) is 9.26. The normalized spacial score (nSPS) is 12.4. The van der Waals surface area contributed by atoms with E-state index in [1.165, 1.54) is 0 Å². The molecule has 19 heavy (non-hydrogen) atoms. The number of hydrogen-bond donors (Lipinski definition) is 1. The molecule has 4 heteroatoms. The van der Waals surface area contributed by atoms with E-state index in [-0.39, 0.29) is 6.04 Å². The molecule has 1 atom stereocenters. The third kappa shape index (κ3) is 3.15. The van der Waals surface area contributed by atoms with E-state index in [1.807, 2.05) is 25.3 Å². The fraction of sp³-hybridized carbons (Fsp3) is 0.400. The fourth-order valence-electron chi connectivity index (χ4n) is 2.04. The molecule has 0 saturated heterocycles. The van der Waals surface area contributed by atoms with Crippen molar-refractivity contribution in [2.24, 2.45) is 0 Å². The van der Waals surface area contributed by atoms with Gasteiger partial charge in [-0.15, -0.1) is 0 Å². The third-order valence-corrected chi connectivity index (χ3v) is 3.07. The summed E-state index contributed by atoms with van der Waals surface area (Å²) in [6.07, 6.45) is 6.33. The zero-order valence-corrected chi connectivity index (χ0v) is 11.6. The van der Waals surface area contributed by atoms with Crippen molar-refractivity contribution in [1.82, 2.24) is 10.3 Å². The zero-order valence-electron chi connectivity index (χ0n) is 11.6. The van der Waals surface area contributed by atoms with E-state index >= 15 is 0 Å². The Hall–Kier alpha value is -1.81. The van der Waals surface area contributed by atoms with Gasteiger partial charge >= 0.3 is 0 Å². The molecule has 1 N–H and O–H groups in total. The van der Waals surface area contributed by atoms with E-state index in [0.29, 0.717) is 0 Å². The molecule has 0 amide bonds. The number of methoxy groups -OCH3 is 1. The monoisotopic (exact) mass is 260 g/mol. The van der Waals surface area contributed by atoms with Gasteiger partial charge in [-0.3, -0.25) is 4.98 Å². The molecule has 0 aliphatic heterocycles. The van der Waals surface area contributed by atoms with Gasteiger partial charge < -0.3 is 14.5 Å². The summed E-state index contributed by atoms with van der Waals surface area (Å²) in [7, 11) is 1.65. The lowest BCUT2D eigenvalue weighted by Gasteiger charge is -2.18. The standard InChI is InChI=1S/C15H20N2O2/c1-4-6-17-14(15-11(2)5-7-19-15)12-8-13(18-3)10-16-9-12/h5,7-10,14,17H,4,6H2,1-3H3. The first-order valence-electron chi connectivity index (χ1n) is 6.52. The second-order valence-electron chi connectivity index (χ2n) is 4.51. The number of furan rings is 1. The topological polar surface area (TPSA) is 47.3 Å². The lowest BCUT2D eigenvalue weighted by atomic mass is 10.0. The predicted molar refractivity (Wildman–Crippen MR) is 74.4 cm³/mol. The summed E-state index contributed by atoms with van der Waals surface area (Å²) in [4.78, 5) is 4.22. The Morgan fingerprint density at radius 1 is 1.42 bits per heavy atom. The van der Waals surface area contributed by atoms with Crippen LogP contribution >= 0.6 is 0 Å². The Balaban J connectivity index is 2.34. The molecular formula is C15H20N2O2. The Morgan fingerprint density at radius 3 is 2.89 bits per heavy atom. The van der Waals surface area contributed by atoms with Gasteiger partial charge in [-0.25, -0.2) is 0 Å². The lowest BCUT2D eigenvalue weighted by molar-refractivity contribution is 0.408. The lowest BCUT2D eigenvalue weighted by Crippen LogP contribution is -2.23. The molecule has 2 aromatic rings. The summed E-state index contributed by atoms with van der Waals surface area (Å²) in [5, 5.41) is 3.49. The molecule has 0 radical (unpaired) electrons. The highest BCUT2D eigenvalue weighted by Crippen LogP contribution is 2.27. The van der Waals surface area contributed by atoms with E-state index in [4.69, 9.17) is 9.15 Å². The van der Waals surface area contributed by atoms with Crippen LogP contribution in [0.3, 0.4) is 0 Å². The summed E-state index contributed by atoms with van der Waals surface area (Å²) < 4.78 is 10.9. The fourth-order valence-corrected chi connectivity index (χ4v) is 2.04.